The zero-order valence-corrected chi connectivity index (χ0v) is 26.4. The van der Waals surface area contributed by atoms with E-state index in [-0.39, 0.29) is 37.3 Å². The van der Waals surface area contributed by atoms with Gasteiger partial charge in [-0.1, -0.05) is 39.7 Å². The summed E-state index contributed by atoms with van der Waals surface area (Å²) in [7, 11) is -0.651. The highest BCUT2D eigenvalue weighted by Gasteiger charge is 2.48. The second kappa shape index (κ2) is 14.1. The minimum Gasteiger partial charge on any atom is -0.494 e. The Morgan fingerprint density at radius 3 is 2.49 bits per heavy atom. The maximum atomic E-state index is 15.0. The molecule has 10 nitrogen and oxygen atoms in total. The van der Waals surface area contributed by atoms with Gasteiger partial charge in [0.2, 0.25) is 22.6 Å². The standard InChI is InChI=1S/C31H43FN2O8S/c1-6-7-8-13-43(37,38)34(17-20(2)3)12-11-33-18-23(22-15-26(40-5)30-27(16-22)41-19-42-30)28(31(35)36)29(33)21-9-10-25(39-4)24(32)14-21/h9-10,14-16,20,23,28-29H,6-8,11-13,17-19H2,1-5H3,(H,35,36)/t23-,28-,29+/m1/s1. The van der Waals surface area contributed by atoms with E-state index >= 15 is 0 Å². The number of rotatable bonds is 15. The number of halogens is 1. The summed E-state index contributed by atoms with van der Waals surface area (Å²) >= 11 is 0. The van der Waals surface area contributed by atoms with Gasteiger partial charge in [0.15, 0.2) is 23.1 Å². The van der Waals surface area contributed by atoms with Gasteiger partial charge < -0.3 is 24.1 Å². The third-order valence-corrected chi connectivity index (χ3v) is 10.0. The van der Waals surface area contributed by atoms with Gasteiger partial charge in [-0.3, -0.25) is 9.69 Å². The monoisotopic (exact) mass is 622 g/mol. The third-order valence-electron chi connectivity index (χ3n) is 8.11. The van der Waals surface area contributed by atoms with Gasteiger partial charge in [0.05, 0.1) is 25.9 Å². The van der Waals surface area contributed by atoms with Crippen molar-refractivity contribution in [3.8, 4) is 23.0 Å². The first kappa shape index (κ1) is 32.8. The molecule has 2 aromatic rings. The molecule has 0 radical (unpaired) electrons. The van der Waals surface area contributed by atoms with E-state index in [9.17, 15) is 22.7 Å². The average Bonchev–Trinajstić information content (AvgIpc) is 3.59. The number of methoxy groups -OCH3 is 2. The van der Waals surface area contributed by atoms with Crippen LogP contribution in [-0.4, -0.2) is 81.6 Å². The van der Waals surface area contributed by atoms with E-state index < -0.39 is 39.7 Å². The van der Waals surface area contributed by atoms with E-state index in [1.54, 1.807) is 18.2 Å². The van der Waals surface area contributed by atoms with Crippen LogP contribution in [0.1, 0.15) is 63.1 Å². The second-order valence-electron chi connectivity index (χ2n) is 11.5. The molecule has 4 rings (SSSR count). The van der Waals surface area contributed by atoms with Gasteiger partial charge in [-0.05, 0) is 47.7 Å². The zero-order chi connectivity index (χ0) is 31.3. The fraction of sp³-hybridized carbons (Fsp3) is 0.581. The molecular formula is C31H43FN2O8S. The van der Waals surface area contributed by atoms with Crippen LogP contribution in [0.25, 0.3) is 0 Å². The number of ether oxygens (including phenoxy) is 4. The van der Waals surface area contributed by atoms with Crippen molar-refractivity contribution >= 4 is 16.0 Å². The third kappa shape index (κ3) is 7.35. The van der Waals surface area contributed by atoms with Crippen molar-refractivity contribution in [1.82, 2.24) is 9.21 Å². The first-order chi connectivity index (χ1) is 20.5. The van der Waals surface area contributed by atoms with E-state index in [4.69, 9.17) is 18.9 Å². The first-order valence-electron chi connectivity index (χ1n) is 14.8. The lowest BCUT2D eigenvalue weighted by Gasteiger charge is -2.30. The normalized spacial score (nSPS) is 20.2. The fourth-order valence-electron chi connectivity index (χ4n) is 6.08. The van der Waals surface area contributed by atoms with Gasteiger partial charge in [0.25, 0.3) is 0 Å². The predicted molar refractivity (Wildman–Crippen MR) is 160 cm³/mol. The predicted octanol–water partition coefficient (Wildman–Crippen LogP) is 4.89. The molecule has 1 N–H and O–H groups in total. The number of aliphatic carboxylic acids is 1. The van der Waals surface area contributed by atoms with E-state index in [0.29, 0.717) is 47.9 Å². The van der Waals surface area contributed by atoms with Gasteiger partial charge in [0, 0.05) is 38.1 Å². The summed E-state index contributed by atoms with van der Waals surface area (Å²) in [5, 5.41) is 10.6. The van der Waals surface area contributed by atoms with Crippen molar-refractivity contribution in [3.05, 3.63) is 47.3 Å². The van der Waals surface area contributed by atoms with Gasteiger partial charge in [0.1, 0.15) is 0 Å². The Bertz CT molecular complexity index is 1390. The molecule has 3 atom stereocenters. The highest BCUT2D eigenvalue weighted by molar-refractivity contribution is 7.89. The Balaban J connectivity index is 1.72. The molecule has 1 fully saturated rings. The maximum absolute atomic E-state index is 15.0. The Hall–Kier alpha value is -3.09. The Labute approximate surface area is 253 Å². The van der Waals surface area contributed by atoms with Crippen LogP contribution in [0, 0.1) is 17.7 Å². The number of likely N-dealkylation sites (tertiary alicyclic amines) is 1. The molecule has 2 heterocycles. The molecule has 0 aliphatic carbocycles. The summed E-state index contributed by atoms with van der Waals surface area (Å²) in [5.74, 6) is -1.57. The molecule has 0 saturated carbocycles. The zero-order valence-electron chi connectivity index (χ0n) is 25.5. The molecular weight excluding hydrogens is 579 g/mol. The lowest BCUT2D eigenvalue weighted by molar-refractivity contribution is -0.143. The van der Waals surface area contributed by atoms with Crippen LogP contribution in [0.4, 0.5) is 4.39 Å². The van der Waals surface area contributed by atoms with Crippen LogP contribution >= 0.6 is 0 Å². The molecule has 43 heavy (non-hydrogen) atoms. The lowest BCUT2D eigenvalue weighted by Crippen LogP contribution is -2.42. The van der Waals surface area contributed by atoms with E-state index in [2.05, 4.69) is 0 Å². The smallest absolute Gasteiger partial charge is 0.309 e. The minimum absolute atomic E-state index is 0.0282. The van der Waals surface area contributed by atoms with Crippen molar-refractivity contribution in [3.63, 3.8) is 0 Å². The number of carboxylic acids is 1. The average molecular weight is 623 g/mol. The fourth-order valence-corrected chi connectivity index (χ4v) is 7.79. The number of hydrogen-bond acceptors (Lipinski definition) is 8. The van der Waals surface area contributed by atoms with Gasteiger partial charge >= 0.3 is 5.97 Å². The molecule has 0 aromatic heterocycles. The Kier molecular flexibility index (Phi) is 10.8. The van der Waals surface area contributed by atoms with E-state index in [1.165, 1.54) is 30.7 Å². The number of carboxylic acid groups (broad SMARTS) is 1. The Morgan fingerprint density at radius 1 is 1.12 bits per heavy atom. The lowest BCUT2D eigenvalue weighted by atomic mass is 9.82. The maximum Gasteiger partial charge on any atom is 0.309 e. The van der Waals surface area contributed by atoms with Crippen molar-refractivity contribution in [2.24, 2.45) is 11.8 Å². The topological polar surface area (TPSA) is 115 Å². The summed E-state index contributed by atoms with van der Waals surface area (Å²) in [5.41, 5.74) is 1.16. The molecule has 12 heteroatoms. The molecule has 2 aliphatic heterocycles. The van der Waals surface area contributed by atoms with Crippen molar-refractivity contribution in [1.29, 1.82) is 0 Å². The van der Waals surface area contributed by atoms with E-state index in [0.717, 1.165) is 12.8 Å². The molecule has 0 bridgehead atoms. The summed E-state index contributed by atoms with van der Waals surface area (Å²) < 4.78 is 65.0. The molecule has 2 aromatic carbocycles. The molecule has 0 amide bonds. The SMILES string of the molecule is CCCCCS(=O)(=O)N(CCN1C[C@H](c2cc(OC)c3c(c2)OCO3)[C@@H](C(=O)O)[C@@H]1c1ccc(OC)c(F)c1)CC(C)C. The van der Waals surface area contributed by atoms with Crippen LogP contribution < -0.4 is 18.9 Å². The number of benzene rings is 2. The molecule has 1 saturated heterocycles. The molecule has 2 aliphatic rings. The van der Waals surface area contributed by atoms with Crippen LogP contribution in [0.15, 0.2) is 30.3 Å². The molecule has 0 spiro atoms. The van der Waals surface area contributed by atoms with Gasteiger partial charge in [-0.2, -0.15) is 0 Å². The number of nitrogens with zero attached hydrogens (tertiary/aromatic N) is 2. The number of hydrogen-bond donors (Lipinski definition) is 1. The molecule has 238 valence electrons. The highest BCUT2D eigenvalue weighted by atomic mass is 32.2. The van der Waals surface area contributed by atoms with Crippen LogP contribution in [0.5, 0.6) is 23.0 Å². The number of unbranched alkanes of at least 4 members (excludes halogenated alkanes) is 2. The van der Waals surface area contributed by atoms with Crippen molar-refractivity contribution in [2.75, 3.05) is 52.9 Å². The van der Waals surface area contributed by atoms with Gasteiger partial charge in [-0.25, -0.2) is 17.1 Å². The van der Waals surface area contributed by atoms with Crippen LogP contribution in [0.3, 0.4) is 0 Å². The highest BCUT2D eigenvalue weighted by Crippen LogP contribution is 2.50. The number of sulfonamides is 1. The van der Waals surface area contributed by atoms with Crippen LogP contribution in [0.2, 0.25) is 0 Å². The summed E-state index contributed by atoms with van der Waals surface area (Å²) in [6, 6.07) is 7.26. The van der Waals surface area contributed by atoms with E-state index in [1.807, 2.05) is 25.7 Å². The number of fused-ring (bicyclic) bond motifs is 1. The Morgan fingerprint density at radius 2 is 1.86 bits per heavy atom. The molecule has 0 unspecified atom stereocenters. The van der Waals surface area contributed by atoms with Crippen molar-refractivity contribution < 1.29 is 41.7 Å². The van der Waals surface area contributed by atoms with Gasteiger partial charge in [-0.15, -0.1) is 0 Å². The quantitative estimate of drug-likeness (QED) is 0.277. The van der Waals surface area contributed by atoms with Crippen molar-refractivity contribution in [2.45, 2.75) is 52.0 Å². The first-order valence-corrected chi connectivity index (χ1v) is 16.4. The minimum atomic E-state index is -3.52. The second-order valence-corrected chi connectivity index (χ2v) is 13.6. The summed E-state index contributed by atoms with van der Waals surface area (Å²) in [6.45, 7) is 7.09. The van der Waals surface area contributed by atoms with Crippen LogP contribution in [-0.2, 0) is 14.8 Å². The number of carbonyl (C=O) groups is 1. The largest absolute Gasteiger partial charge is 0.494 e. The summed E-state index contributed by atoms with van der Waals surface area (Å²) in [4.78, 5) is 14.9. The summed E-state index contributed by atoms with van der Waals surface area (Å²) in [6.07, 6.45) is 2.32.